The molecule has 0 aliphatic heterocycles. The Morgan fingerprint density at radius 1 is 1.46 bits per heavy atom. The third-order valence-electron chi connectivity index (χ3n) is 1.95. The van der Waals surface area contributed by atoms with Crippen molar-refractivity contribution in [1.82, 2.24) is 4.98 Å². The molecule has 1 aromatic heterocycles. The molecule has 1 rings (SSSR count). The molecule has 0 aromatic carbocycles. The Kier molecular flexibility index (Phi) is 4.07. The van der Waals surface area contributed by atoms with Gasteiger partial charge in [-0.3, -0.25) is 0 Å². The van der Waals surface area contributed by atoms with Crippen molar-refractivity contribution in [2.24, 2.45) is 5.92 Å². The lowest BCUT2D eigenvalue weighted by molar-refractivity contribution is 0.632. The molecule has 0 bridgehead atoms. The SMILES string of the molecule is CSC(c1cccnc1Cl)C(C)C. The first-order chi connectivity index (χ1) is 6.16. The Hall–Kier alpha value is -0.210. The summed E-state index contributed by atoms with van der Waals surface area (Å²) in [4.78, 5) is 4.08. The monoisotopic (exact) mass is 215 g/mol. The predicted molar refractivity (Wildman–Crippen MR) is 60.3 cm³/mol. The fourth-order valence-corrected chi connectivity index (χ4v) is 2.66. The minimum absolute atomic E-state index is 0.446. The highest BCUT2D eigenvalue weighted by molar-refractivity contribution is 7.98. The van der Waals surface area contributed by atoms with Gasteiger partial charge in [0.1, 0.15) is 5.15 Å². The summed E-state index contributed by atoms with van der Waals surface area (Å²) in [7, 11) is 0. The van der Waals surface area contributed by atoms with Gasteiger partial charge in [0, 0.05) is 17.0 Å². The molecule has 0 saturated heterocycles. The van der Waals surface area contributed by atoms with Crippen molar-refractivity contribution in [3.05, 3.63) is 29.0 Å². The molecule has 13 heavy (non-hydrogen) atoms. The molecule has 0 amide bonds. The van der Waals surface area contributed by atoms with Crippen molar-refractivity contribution < 1.29 is 0 Å². The maximum atomic E-state index is 6.02. The third kappa shape index (κ3) is 2.61. The number of aromatic nitrogens is 1. The van der Waals surface area contributed by atoms with Crippen LogP contribution in [0.1, 0.15) is 24.7 Å². The Morgan fingerprint density at radius 3 is 2.62 bits per heavy atom. The third-order valence-corrected chi connectivity index (χ3v) is 3.58. The molecular weight excluding hydrogens is 202 g/mol. The number of halogens is 1. The van der Waals surface area contributed by atoms with Gasteiger partial charge in [0.2, 0.25) is 0 Å². The lowest BCUT2D eigenvalue weighted by Gasteiger charge is -2.19. The predicted octanol–water partition coefficient (Wildman–Crippen LogP) is 3.80. The van der Waals surface area contributed by atoms with Crippen LogP contribution < -0.4 is 0 Å². The molecule has 0 radical (unpaired) electrons. The van der Waals surface area contributed by atoms with Crippen LogP contribution in [0, 0.1) is 5.92 Å². The van der Waals surface area contributed by atoms with Crippen molar-refractivity contribution in [1.29, 1.82) is 0 Å². The minimum atomic E-state index is 0.446. The van der Waals surface area contributed by atoms with Gasteiger partial charge in [0.15, 0.2) is 0 Å². The van der Waals surface area contributed by atoms with E-state index in [0.29, 0.717) is 16.3 Å². The van der Waals surface area contributed by atoms with Gasteiger partial charge in [0.25, 0.3) is 0 Å². The van der Waals surface area contributed by atoms with Crippen molar-refractivity contribution in [2.45, 2.75) is 19.1 Å². The first-order valence-electron chi connectivity index (χ1n) is 4.30. The molecule has 0 N–H and O–H groups in total. The first-order valence-corrected chi connectivity index (χ1v) is 5.96. The molecule has 0 spiro atoms. The van der Waals surface area contributed by atoms with Crippen molar-refractivity contribution in [3.8, 4) is 0 Å². The number of thioether (sulfide) groups is 1. The molecule has 1 atom stereocenters. The van der Waals surface area contributed by atoms with Crippen LogP contribution in [-0.4, -0.2) is 11.2 Å². The Balaban J connectivity index is 2.97. The zero-order valence-corrected chi connectivity index (χ0v) is 9.69. The molecule has 0 aliphatic rings. The van der Waals surface area contributed by atoms with Gasteiger partial charge in [-0.25, -0.2) is 4.98 Å². The fraction of sp³-hybridized carbons (Fsp3) is 0.500. The average Bonchev–Trinajstić information content (AvgIpc) is 2.09. The van der Waals surface area contributed by atoms with E-state index in [-0.39, 0.29) is 0 Å². The summed E-state index contributed by atoms with van der Waals surface area (Å²) in [6.07, 6.45) is 3.83. The topological polar surface area (TPSA) is 12.9 Å². The number of nitrogens with zero attached hydrogens (tertiary/aromatic N) is 1. The summed E-state index contributed by atoms with van der Waals surface area (Å²) < 4.78 is 0. The van der Waals surface area contributed by atoms with E-state index >= 15 is 0 Å². The molecule has 72 valence electrons. The van der Waals surface area contributed by atoms with E-state index in [1.807, 2.05) is 17.8 Å². The molecule has 3 heteroatoms. The fourth-order valence-electron chi connectivity index (χ4n) is 1.37. The summed E-state index contributed by atoms with van der Waals surface area (Å²) in [5.41, 5.74) is 1.15. The first kappa shape index (κ1) is 10.9. The quantitative estimate of drug-likeness (QED) is 0.712. The Bertz CT molecular complexity index is 275. The Morgan fingerprint density at radius 2 is 2.15 bits per heavy atom. The van der Waals surface area contributed by atoms with E-state index in [1.54, 1.807) is 6.20 Å². The van der Waals surface area contributed by atoms with Gasteiger partial charge in [-0.15, -0.1) is 0 Å². The summed E-state index contributed by atoms with van der Waals surface area (Å²) >= 11 is 7.84. The number of pyridine rings is 1. The maximum absolute atomic E-state index is 6.02. The summed E-state index contributed by atoms with van der Waals surface area (Å²) in [6, 6.07) is 3.99. The molecule has 1 heterocycles. The number of rotatable bonds is 3. The molecular formula is C10H14ClNS. The zero-order chi connectivity index (χ0) is 9.84. The molecule has 0 saturated carbocycles. The van der Waals surface area contributed by atoms with Crippen LogP contribution in [0.3, 0.4) is 0 Å². The minimum Gasteiger partial charge on any atom is -0.244 e. The lowest BCUT2D eigenvalue weighted by Crippen LogP contribution is -2.03. The highest BCUT2D eigenvalue weighted by Crippen LogP contribution is 2.36. The van der Waals surface area contributed by atoms with Crippen molar-refractivity contribution in [3.63, 3.8) is 0 Å². The van der Waals surface area contributed by atoms with Gasteiger partial charge in [-0.2, -0.15) is 11.8 Å². The largest absolute Gasteiger partial charge is 0.244 e. The van der Waals surface area contributed by atoms with E-state index in [0.717, 1.165) is 5.56 Å². The normalized spacial score (nSPS) is 13.3. The van der Waals surface area contributed by atoms with Crippen LogP contribution in [0.15, 0.2) is 18.3 Å². The van der Waals surface area contributed by atoms with Crippen LogP contribution in [0.5, 0.6) is 0 Å². The lowest BCUT2D eigenvalue weighted by atomic mass is 10.0. The summed E-state index contributed by atoms with van der Waals surface area (Å²) in [5, 5.41) is 1.08. The highest BCUT2D eigenvalue weighted by Gasteiger charge is 2.17. The van der Waals surface area contributed by atoms with E-state index in [4.69, 9.17) is 11.6 Å². The van der Waals surface area contributed by atoms with E-state index in [1.165, 1.54) is 0 Å². The molecule has 1 aromatic rings. The second kappa shape index (κ2) is 4.87. The van der Waals surface area contributed by atoms with Gasteiger partial charge in [-0.1, -0.05) is 31.5 Å². The van der Waals surface area contributed by atoms with E-state index in [2.05, 4.69) is 31.2 Å². The molecule has 0 aliphatic carbocycles. The summed E-state index contributed by atoms with van der Waals surface area (Å²) in [5.74, 6) is 0.580. The van der Waals surface area contributed by atoms with Gasteiger partial charge in [0.05, 0.1) is 0 Å². The van der Waals surface area contributed by atoms with E-state index in [9.17, 15) is 0 Å². The average molecular weight is 216 g/mol. The number of hydrogen-bond donors (Lipinski definition) is 0. The van der Waals surface area contributed by atoms with Crippen molar-refractivity contribution in [2.75, 3.05) is 6.26 Å². The Labute approximate surface area is 88.9 Å². The summed E-state index contributed by atoms with van der Waals surface area (Å²) in [6.45, 7) is 4.40. The molecule has 1 unspecified atom stereocenters. The maximum Gasteiger partial charge on any atom is 0.133 e. The van der Waals surface area contributed by atoms with Gasteiger partial charge in [-0.05, 0) is 18.2 Å². The van der Waals surface area contributed by atoms with Gasteiger partial charge >= 0.3 is 0 Å². The van der Waals surface area contributed by atoms with Crippen molar-refractivity contribution >= 4 is 23.4 Å². The van der Waals surface area contributed by atoms with Crippen LogP contribution in [0.25, 0.3) is 0 Å². The highest BCUT2D eigenvalue weighted by atomic mass is 35.5. The van der Waals surface area contributed by atoms with Crippen LogP contribution >= 0.6 is 23.4 Å². The van der Waals surface area contributed by atoms with Crippen LogP contribution in [0.4, 0.5) is 0 Å². The van der Waals surface area contributed by atoms with E-state index < -0.39 is 0 Å². The molecule has 1 nitrogen and oxygen atoms in total. The van der Waals surface area contributed by atoms with Crippen LogP contribution in [-0.2, 0) is 0 Å². The standard InChI is InChI=1S/C10H14ClNS/c1-7(2)9(13-3)8-5-4-6-12-10(8)11/h4-7,9H,1-3H3. The van der Waals surface area contributed by atoms with Gasteiger partial charge < -0.3 is 0 Å². The smallest absolute Gasteiger partial charge is 0.133 e. The zero-order valence-electron chi connectivity index (χ0n) is 8.12. The molecule has 0 fully saturated rings. The second-order valence-corrected chi connectivity index (χ2v) is 4.62. The number of hydrogen-bond acceptors (Lipinski definition) is 2. The second-order valence-electron chi connectivity index (χ2n) is 3.28. The van der Waals surface area contributed by atoms with Crippen LogP contribution in [0.2, 0.25) is 5.15 Å².